The molecule has 2 aromatic rings. The van der Waals surface area contributed by atoms with Crippen LogP contribution in [-0.4, -0.2) is 104 Å². The van der Waals surface area contributed by atoms with Gasteiger partial charge in [0.1, 0.15) is 0 Å². The number of carbonyl (C=O) groups excluding carboxylic acids is 1. The van der Waals surface area contributed by atoms with Crippen molar-refractivity contribution in [3.63, 3.8) is 0 Å². The zero-order valence-corrected chi connectivity index (χ0v) is 23.4. The molecule has 3 aliphatic heterocycles. The lowest BCUT2D eigenvalue weighted by Gasteiger charge is -2.39. The highest BCUT2D eigenvalue weighted by atomic mass is 35.5. The Morgan fingerprint density at radius 1 is 0.892 bits per heavy atom. The summed E-state index contributed by atoms with van der Waals surface area (Å²) >= 11 is 6.16. The molecule has 0 N–H and O–H groups in total. The first-order chi connectivity index (χ1) is 17.9. The summed E-state index contributed by atoms with van der Waals surface area (Å²) in [4.78, 5) is 25.9. The van der Waals surface area contributed by atoms with Gasteiger partial charge in [-0.1, -0.05) is 41.9 Å². The molecular weight excluding hydrogens is 482 g/mol. The smallest absolute Gasteiger partial charge is 0.227 e. The predicted molar refractivity (Wildman–Crippen MR) is 152 cm³/mol. The SMILES string of the molecule is CC(C)N1C[C@@H](C(=O)N2CCN(c3ccccc3CN3CCN(C)CC3)CC2)[C@H](c2ccc(Cl)cc2)C1. The summed E-state index contributed by atoms with van der Waals surface area (Å²) in [6.45, 7) is 15.1. The van der Waals surface area contributed by atoms with Crippen LogP contribution in [-0.2, 0) is 11.3 Å². The van der Waals surface area contributed by atoms with Crippen LogP contribution in [0.4, 0.5) is 5.69 Å². The highest BCUT2D eigenvalue weighted by molar-refractivity contribution is 6.30. The fraction of sp³-hybridized carbons (Fsp3) is 0.567. The summed E-state index contributed by atoms with van der Waals surface area (Å²) in [7, 11) is 2.20. The van der Waals surface area contributed by atoms with Crippen LogP contribution in [0.5, 0.6) is 0 Å². The van der Waals surface area contributed by atoms with E-state index in [0.717, 1.165) is 77.0 Å². The Bertz CT molecular complexity index is 1040. The molecule has 2 atom stereocenters. The third kappa shape index (κ3) is 6.14. The van der Waals surface area contributed by atoms with E-state index in [1.54, 1.807) is 0 Å². The van der Waals surface area contributed by atoms with E-state index < -0.39 is 0 Å². The molecule has 0 spiro atoms. The minimum absolute atomic E-state index is 0.000329. The zero-order chi connectivity index (χ0) is 25.9. The summed E-state index contributed by atoms with van der Waals surface area (Å²) < 4.78 is 0. The van der Waals surface area contributed by atoms with Gasteiger partial charge in [0.05, 0.1) is 5.92 Å². The van der Waals surface area contributed by atoms with Crippen LogP contribution in [0.15, 0.2) is 48.5 Å². The van der Waals surface area contributed by atoms with Crippen molar-refractivity contribution in [3.8, 4) is 0 Å². The van der Waals surface area contributed by atoms with Crippen LogP contribution >= 0.6 is 11.6 Å². The Labute approximate surface area is 227 Å². The van der Waals surface area contributed by atoms with Crippen molar-refractivity contribution in [2.75, 3.05) is 77.4 Å². The molecule has 37 heavy (non-hydrogen) atoms. The van der Waals surface area contributed by atoms with Gasteiger partial charge >= 0.3 is 0 Å². The van der Waals surface area contributed by atoms with E-state index in [-0.39, 0.29) is 11.8 Å². The number of rotatable bonds is 6. The van der Waals surface area contributed by atoms with E-state index >= 15 is 0 Å². The van der Waals surface area contributed by atoms with Crippen LogP contribution in [0.1, 0.15) is 30.9 Å². The van der Waals surface area contributed by atoms with Crippen LogP contribution in [0.25, 0.3) is 0 Å². The molecule has 0 aromatic heterocycles. The van der Waals surface area contributed by atoms with Gasteiger partial charge in [-0.05, 0) is 50.2 Å². The minimum Gasteiger partial charge on any atom is -0.368 e. The van der Waals surface area contributed by atoms with Crippen molar-refractivity contribution in [2.45, 2.75) is 32.4 Å². The van der Waals surface area contributed by atoms with Gasteiger partial charge in [-0.3, -0.25) is 14.6 Å². The number of likely N-dealkylation sites (N-methyl/N-ethyl adjacent to an activating group) is 1. The van der Waals surface area contributed by atoms with Gasteiger partial charge in [0.2, 0.25) is 5.91 Å². The van der Waals surface area contributed by atoms with E-state index in [9.17, 15) is 4.79 Å². The topological polar surface area (TPSA) is 33.3 Å². The second-order valence-corrected chi connectivity index (χ2v) is 11.8. The molecule has 0 radical (unpaired) electrons. The molecule has 0 aliphatic carbocycles. The van der Waals surface area contributed by atoms with Crippen LogP contribution < -0.4 is 4.90 Å². The zero-order valence-electron chi connectivity index (χ0n) is 22.7. The third-order valence-electron chi connectivity index (χ3n) is 8.61. The quantitative estimate of drug-likeness (QED) is 0.574. The first-order valence-electron chi connectivity index (χ1n) is 13.9. The largest absolute Gasteiger partial charge is 0.368 e. The average Bonchev–Trinajstić information content (AvgIpc) is 3.36. The summed E-state index contributed by atoms with van der Waals surface area (Å²) in [6.07, 6.45) is 0. The molecular formula is C30H42ClN5O. The molecule has 3 aliphatic rings. The lowest BCUT2D eigenvalue weighted by molar-refractivity contribution is -0.135. The Kier molecular flexibility index (Phi) is 8.40. The van der Waals surface area contributed by atoms with E-state index in [1.165, 1.54) is 16.8 Å². The Morgan fingerprint density at radius 3 is 2.24 bits per heavy atom. The van der Waals surface area contributed by atoms with Gasteiger partial charge in [0.25, 0.3) is 0 Å². The van der Waals surface area contributed by atoms with Crippen molar-refractivity contribution in [2.24, 2.45) is 5.92 Å². The Balaban J connectivity index is 1.24. The highest BCUT2D eigenvalue weighted by Gasteiger charge is 2.41. The number of hydrogen-bond acceptors (Lipinski definition) is 5. The van der Waals surface area contributed by atoms with Crippen LogP contribution in [0.3, 0.4) is 0 Å². The van der Waals surface area contributed by atoms with Crippen molar-refractivity contribution < 1.29 is 4.79 Å². The maximum Gasteiger partial charge on any atom is 0.227 e. The van der Waals surface area contributed by atoms with E-state index in [1.807, 2.05) is 12.1 Å². The van der Waals surface area contributed by atoms with Gasteiger partial charge in [-0.15, -0.1) is 0 Å². The van der Waals surface area contributed by atoms with Gasteiger partial charge < -0.3 is 14.7 Å². The first-order valence-corrected chi connectivity index (χ1v) is 14.3. The number of amides is 1. The van der Waals surface area contributed by atoms with E-state index in [4.69, 9.17) is 11.6 Å². The Hall–Kier alpha value is -2.12. The molecule has 0 bridgehead atoms. The van der Waals surface area contributed by atoms with Crippen molar-refractivity contribution in [1.29, 1.82) is 0 Å². The summed E-state index contributed by atoms with van der Waals surface area (Å²) in [5, 5.41) is 0.745. The number of piperazine rings is 2. The maximum absolute atomic E-state index is 13.9. The van der Waals surface area contributed by atoms with E-state index in [2.05, 4.69) is 81.8 Å². The first kappa shape index (κ1) is 26.5. The normalized spacial score (nSPS) is 24.2. The number of benzene rings is 2. The summed E-state index contributed by atoms with van der Waals surface area (Å²) in [5.41, 5.74) is 3.96. The number of likely N-dealkylation sites (tertiary alicyclic amines) is 1. The van der Waals surface area contributed by atoms with Crippen LogP contribution in [0.2, 0.25) is 5.02 Å². The molecule has 1 amide bonds. The molecule has 2 aromatic carbocycles. The molecule has 7 heteroatoms. The van der Waals surface area contributed by atoms with Gasteiger partial charge in [-0.25, -0.2) is 0 Å². The number of anilines is 1. The fourth-order valence-corrected chi connectivity index (χ4v) is 6.28. The minimum atomic E-state index is -0.000329. The van der Waals surface area contributed by atoms with Gasteiger partial charge in [-0.2, -0.15) is 0 Å². The van der Waals surface area contributed by atoms with Crippen molar-refractivity contribution in [3.05, 3.63) is 64.7 Å². The molecule has 6 nitrogen and oxygen atoms in total. The second-order valence-electron chi connectivity index (χ2n) is 11.3. The number of carbonyl (C=O) groups is 1. The molecule has 3 heterocycles. The summed E-state index contributed by atoms with van der Waals surface area (Å²) in [5.74, 6) is 0.530. The second kappa shape index (κ2) is 11.7. The number of hydrogen-bond donors (Lipinski definition) is 0. The predicted octanol–water partition coefficient (Wildman–Crippen LogP) is 3.86. The number of halogens is 1. The molecule has 3 fully saturated rings. The Morgan fingerprint density at radius 2 is 1.57 bits per heavy atom. The van der Waals surface area contributed by atoms with Gasteiger partial charge in [0.15, 0.2) is 0 Å². The molecule has 0 saturated carbocycles. The average molecular weight is 524 g/mol. The van der Waals surface area contributed by atoms with Gasteiger partial charge in [0, 0.05) is 94.7 Å². The fourth-order valence-electron chi connectivity index (χ4n) is 6.16. The lowest BCUT2D eigenvalue weighted by atomic mass is 9.88. The highest BCUT2D eigenvalue weighted by Crippen LogP contribution is 2.36. The van der Waals surface area contributed by atoms with Crippen molar-refractivity contribution in [1.82, 2.24) is 19.6 Å². The number of nitrogens with zero attached hydrogens (tertiary/aromatic N) is 5. The molecule has 5 rings (SSSR count). The molecule has 200 valence electrons. The third-order valence-corrected chi connectivity index (χ3v) is 8.86. The van der Waals surface area contributed by atoms with Crippen LogP contribution in [0, 0.1) is 5.92 Å². The standard InChI is InChI=1S/C30H42ClN5O/c1-23(2)36-21-27(24-8-10-26(31)11-9-24)28(22-36)30(37)35-18-16-34(17-19-35)29-7-5-4-6-25(29)20-33-14-12-32(3)13-15-33/h4-11,23,27-28H,12-22H2,1-3H3/t27-,28+/m0/s1. The summed E-state index contributed by atoms with van der Waals surface area (Å²) in [6, 6.07) is 17.4. The van der Waals surface area contributed by atoms with Crippen molar-refractivity contribution >= 4 is 23.2 Å². The lowest BCUT2D eigenvalue weighted by Crippen LogP contribution is -2.51. The monoisotopic (exact) mass is 523 g/mol. The van der Waals surface area contributed by atoms with E-state index in [0.29, 0.717) is 11.9 Å². The molecule has 3 saturated heterocycles. The maximum atomic E-state index is 13.9. The number of para-hydroxylation sites is 1. The molecule has 0 unspecified atom stereocenters.